The van der Waals surface area contributed by atoms with E-state index in [9.17, 15) is 0 Å². The normalized spacial score (nSPS) is 25.1. The Hall–Kier alpha value is -1.32. The minimum atomic E-state index is 0.301. The quantitative estimate of drug-likeness (QED) is 0.851. The second-order valence-corrected chi connectivity index (χ2v) is 4.41. The van der Waals surface area contributed by atoms with E-state index < -0.39 is 0 Å². The van der Waals surface area contributed by atoms with Gasteiger partial charge in [-0.05, 0) is 25.2 Å². The molecule has 1 fully saturated rings. The molecule has 4 heteroatoms. The molecule has 16 heavy (non-hydrogen) atoms. The third-order valence-corrected chi connectivity index (χ3v) is 3.17. The Morgan fingerprint density at radius 3 is 2.88 bits per heavy atom. The molecule has 1 saturated carbocycles. The lowest BCUT2D eigenvalue weighted by Crippen LogP contribution is -2.28. The topological polar surface area (TPSA) is 47.0 Å². The first-order valence-corrected chi connectivity index (χ1v) is 5.96. The van der Waals surface area contributed by atoms with Gasteiger partial charge in [0.1, 0.15) is 11.9 Å². The van der Waals surface area contributed by atoms with Crippen LogP contribution in [0.5, 0.6) is 5.88 Å². The van der Waals surface area contributed by atoms with Gasteiger partial charge in [-0.15, -0.1) is 0 Å². The van der Waals surface area contributed by atoms with Crippen molar-refractivity contribution in [3.05, 3.63) is 12.4 Å². The summed E-state index contributed by atoms with van der Waals surface area (Å²) < 4.78 is 5.90. The van der Waals surface area contributed by atoms with Crippen LogP contribution in [0.2, 0.25) is 0 Å². The largest absolute Gasteiger partial charge is 0.473 e. The van der Waals surface area contributed by atoms with E-state index in [4.69, 9.17) is 4.74 Å². The second-order valence-electron chi connectivity index (χ2n) is 4.41. The fourth-order valence-corrected chi connectivity index (χ4v) is 2.14. The number of aromatic nitrogens is 2. The summed E-state index contributed by atoms with van der Waals surface area (Å²) in [4.78, 5) is 8.42. The summed E-state index contributed by atoms with van der Waals surface area (Å²) in [6.45, 7) is 2.25. The molecule has 0 spiro atoms. The zero-order chi connectivity index (χ0) is 11.4. The zero-order valence-electron chi connectivity index (χ0n) is 9.94. The van der Waals surface area contributed by atoms with Crippen molar-refractivity contribution in [2.75, 3.05) is 12.4 Å². The molecular weight excluding hydrogens is 202 g/mol. The van der Waals surface area contributed by atoms with E-state index >= 15 is 0 Å². The predicted octanol–water partition coefficient (Wildman–Crippen LogP) is 2.48. The molecule has 0 aromatic carbocycles. The average Bonchev–Trinajstić information content (AvgIpc) is 2.32. The highest BCUT2D eigenvalue weighted by atomic mass is 16.5. The third kappa shape index (κ3) is 2.62. The first-order valence-electron chi connectivity index (χ1n) is 5.96. The Morgan fingerprint density at radius 2 is 2.12 bits per heavy atom. The summed E-state index contributed by atoms with van der Waals surface area (Å²) in [5.41, 5.74) is 0. The number of rotatable bonds is 3. The molecule has 1 aliphatic carbocycles. The van der Waals surface area contributed by atoms with Gasteiger partial charge in [0.25, 0.3) is 0 Å². The van der Waals surface area contributed by atoms with Gasteiger partial charge < -0.3 is 10.1 Å². The second kappa shape index (κ2) is 5.14. The molecule has 1 heterocycles. The van der Waals surface area contributed by atoms with Crippen LogP contribution in [0.15, 0.2) is 12.4 Å². The molecule has 2 unspecified atom stereocenters. The van der Waals surface area contributed by atoms with Crippen molar-refractivity contribution in [3.8, 4) is 5.88 Å². The monoisotopic (exact) mass is 221 g/mol. The molecule has 1 aromatic heterocycles. The lowest BCUT2D eigenvalue weighted by Gasteiger charge is -2.28. The van der Waals surface area contributed by atoms with Gasteiger partial charge >= 0.3 is 0 Å². The molecule has 2 atom stereocenters. The fraction of sp³-hybridized carbons (Fsp3) is 0.667. The van der Waals surface area contributed by atoms with Gasteiger partial charge in [-0.1, -0.05) is 13.3 Å². The summed E-state index contributed by atoms with van der Waals surface area (Å²) in [5, 5.41) is 2.96. The molecule has 1 N–H and O–H groups in total. The van der Waals surface area contributed by atoms with E-state index in [1.54, 1.807) is 12.4 Å². The van der Waals surface area contributed by atoms with Gasteiger partial charge in [-0.2, -0.15) is 4.98 Å². The molecule has 0 bridgehead atoms. The maximum Gasteiger partial charge on any atom is 0.234 e. The molecule has 1 aromatic rings. The smallest absolute Gasteiger partial charge is 0.234 e. The highest BCUT2D eigenvalue weighted by Gasteiger charge is 2.23. The lowest BCUT2D eigenvalue weighted by molar-refractivity contribution is 0.0973. The van der Waals surface area contributed by atoms with Gasteiger partial charge in [-0.25, -0.2) is 0 Å². The Bertz CT molecular complexity index is 343. The van der Waals surface area contributed by atoms with E-state index in [-0.39, 0.29) is 0 Å². The first kappa shape index (κ1) is 11.2. The van der Waals surface area contributed by atoms with Crippen LogP contribution in [-0.2, 0) is 0 Å². The Balaban J connectivity index is 2.01. The Labute approximate surface area is 96.4 Å². The van der Waals surface area contributed by atoms with Gasteiger partial charge in [0, 0.05) is 7.05 Å². The van der Waals surface area contributed by atoms with Gasteiger partial charge in [0.05, 0.1) is 12.4 Å². The van der Waals surface area contributed by atoms with Crippen molar-refractivity contribution < 1.29 is 4.74 Å². The number of anilines is 1. The van der Waals surface area contributed by atoms with Crippen molar-refractivity contribution >= 4 is 5.82 Å². The fourth-order valence-electron chi connectivity index (χ4n) is 2.14. The van der Waals surface area contributed by atoms with Gasteiger partial charge in [0.2, 0.25) is 5.88 Å². The standard InChI is InChI=1S/C12H19N3O/c1-9-5-3-4-6-10(9)16-12-8-14-7-11(13-2)15-12/h7-10H,3-6H2,1-2H3,(H,13,15). The molecule has 0 aliphatic heterocycles. The van der Waals surface area contributed by atoms with Crippen LogP contribution in [0.25, 0.3) is 0 Å². The minimum absolute atomic E-state index is 0.301. The van der Waals surface area contributed by atoms with Crippen LogP contribution in [0.4, 0.5) is 5.82 Å². The number of nitrogens with one attached hydrogen (secondary N) is 1. The van der Waals surface area contributed by atoms with Crippen LogP contribution >= 0.6 is 0 Å². The lowest BCUT2D eigenvalue weighted by atomic mass is 9.88. The van der Waals surface area contributed by atoms with Crippen LogP contribution in [0.1, 0.15) is 32.6 Å². The summed E-state index contributed by atoms with van der Waals surface area (Å²) >= 11 is 0. The van der Waals surface area contributed by atoms with Crippen molar-refractivity contribution in [1.29, 1.82) is 0 Å². The molecule has 0 amide bonds. The van der Waals surface area contributed by atoms with Crippen molar-refractivity contribution in [2.24, 2.45) is 5.92 Å². The molecule has 2 rings (SSSR count). The summed E-state index contributed by atoms with van der Waals surface area (Å²) in [5.74, 6) is 2.00. The number of hydrogen-bond acceptors (Lipinski definition) is 4. The molecule has 1 aliphatic rings. The summed E-state index contributed by atoms with van der Waals surface area (Å²) in [6.07, 6.45) is 8.64. The number of ether oxygens (including phenoxy) is 1. The highest BCUT2D eigenvalue weighted by molar-refractivity contribution is 5.31. The van der Waals surface area contributed by atoms with E-state index in [1.165, 1.54) is 19.3 Å². The predicted molar refractivity (Wildman–Crippen MR) is 63.6 cm³/mol. The molecule has 0 radical (unpaired) electrons. The first-order chi connectivity index (χ1) is 7.79. The van der Waals surface area contributed by atoms with Crippen LogP contribution in [0, 0.1) is 5.92 Å². The molecule has 4 nitrogen and oxygen atoms in total. The van der Waals surface area contributed by atoms with E-state index in [0.717, 1.165) is 12.2 Å². The highest BCUT2D eigenvalue weighted by Crippen LogP contribution is 2.27. The number of hydrogen-bond donors (Lipinski definition) is 1. The number of nitrogens with zero attached hydrogens (tertiary/aromatic N) is 2. The maximum atomic E-state index is 5.90. The molecular formula is C12H19N3O. The molecule has 88 valence electrons. The summed E-state index contributed by atoms with van der Waals surface area (Å²) in [7, 11) is 1.83. The van der Waals surface area contributed by atoms with E-state index in [0.29, 0.717) is 17.9 Å². The SMILES string of the molecule is CNc1cncc(OC2CCCCC2C)n1. The third-order valence-electron chi connectivity index (χ3n) is 3.17. The van der Waals surface area contributed by atoms with Gasteiger partial charge in [0.15, 0.2) is 0 Å². The van der Waals surface area contributed by atoms with Gasteiger partial charge in [-0.3, -0.25) is 4.98 Å². The molecule has 0 saturated heterocycles. The van der Waals surface area contributed by atoms with E-state index in [1.807, 2.05) is 7.05 Å². The minimum Gasteiger partial charge on any atom is -0.473 e. The van der Waals surface area contributed by atoms with Crippen LogP contribution < -0.4 is 10.1 Å². The van der Waals surface area contributed by atoms with Crippen LogP contribution in [0.3, 0.4) is 0 Å². The maximum absolute atomic E-state index is 5.90. The average molecular weight is 221 g/mol. The van der Waals surface area contributed by atoms with Crippen molar-refractivity contribution in [1.82, 2.24) is 9.97 Å². The van der Waals surface area contributed by atoms with E-state index in [2.05, 4.69) is 22.2 Å². The Kier molecular flexibility index (Phi) is 3.59. The van der Waals surface area contributed by atoms with Crippen molar-refractivity contribution in [3.63, 3.8) is 0 Å². The van der Waals surface area contributed by atoms with Crippen molar-refractivity contribution in [2.45, 2.75) is 38.7 Å². The Morgan fingerprint density at radius 1 is 1.31 bits per heavy atom. The van der Waals surface area contributed by atoms with Crippen LogP contribution in [-0.4, -0.2) is 23.1 Å². The zero-order valence-corrected chi connectivity index (χ0v) is 9.94. The summed E-state index contributed by atoms with van der Waals surface area (Å²) in [6, 6.07) is 0.